The minimum absolute atomic E-state index is 0.0120. The number of aliphatic hydroxyl groups excluding tert-OH is 5. The lowest BCUT2D eigenvalue weighted by Crippen LogP contribution is -2.60. The molecule has 1 heterocycles. The zero-order valence-corrected chi connectivity index (χ0v) is 65.0. The summed E-state index contributed by atoms with van der Waals surface area (Å²) in [5, 5.41) is 54.7. The molecule has 1 saturated heterocycles. The van der Waals surface area contributed by atoms with E-state index >= 15 is 0 Å². The molecule has 1 aliphatic rings. The maximum atomic E-state index is 13.1. The minimum atomic E-state index is -1.57. The number of carbonyl (C=O) groups is 2. The summed E-state index contributed by atoms with van der Waals surface area (Å²) in [6.07, 6.45) is 89.5. The molecule has 1 amide bonds. The Morgan fingerprint density at radius 2 is 0.653 bits per heavy atom. The normalized spacial score (nSPS) is 17.2. The van der Waals surface area contributed by atoms with Crippen molar-refractivity contribution in [2.45, 2.75) is 500 Å². The summed E-state index contributed by atoms with van der Waals surface area (Å²) in [7, 11) is 0. The van der Waals surface area contributed by atoms with Gasteiger partial charge >= 0.3 is 5.97 Å². The molecule has 0 saturated carbocycles. The van der Waals surface area contributed by atoms with Gasteiger partial charge in [-0.3, -0.25) is 9.59 Å². The molecule has 0 aromatic heterocycles. The summed E-state index contributed by atoms with van der Waals surface area (Å²) in [5.74, 6) is -0.159. The van der Waals surface area contributed by atoms with Gasteiger partial charge in [0.25, 0.3) is 0 Å². The first-order valence-corrected chi connectivity index (χ1v) is 43.6. The zero-order valence-electron chi connectivity index (χ0n) is 65.0. The highest BCUT2D eigenvalue weighted by Crippen LogP contribution is 2.24. The topological polar surface area (TPSA) is 175 Å². The maximum Gasteiger partial charge on any atom is 0.305 e. The van der Waals surface area contributed by atoms with Crippen molar-refractivity contribution in [1.29, 1.82) is 0 Å². The minimum Gasteiger partial charge on any atom is -0.466 e. The van der Waals surface area contributed by atoms with Gasteiger partial charge in [-0.2, -0.15) is 0 Å². The van der Waals surface area contributed by atoms with Gasteiger partial charge in [0.05, 0.1) is 32.0 Å². The molecule has 6 N–H and O–H groups in total. The third-order valence-corrected chi connectivity index (χ3v) is 21.1. The first kappa shape index (κ1) is 94.2. The molecule has 0 spiro atoms. The molecular formula is C87H167NO10. The summed E-state index contributed by atoms with van der Waals surface area (Å²) >= 11 is 0. The smallest absolute Gasteiger partial charge is 0.305 e. The molecule has 0 radical (unpaired) electrons. The lowest BCUT2D eigenvalue weighted by Gasteiger charge is -2.40. The summed E-state index contributed by atoms with van der Waals surface area (Å²) in [4.78, 5) is 25.2. The number of aliphatic hydroxyl groups is 5. The lowest BCUT2D eigenvalue weighted by atomic mass is 9.99. The summed E-state index contributed by atoms with van der Waals surface area (Å²) in [6, 6.07) is -0.806. The van der Waals surface area contributed by atoms with Crippen molar-refractivity contribution in [1.82, 2.24) is 5.32 Å². The van der Waals surface area contributed by atoms with E-state index in [4.69, 9.17) is 14.2 Å². The fourth-order valence-electron chi connectivity index (χ4n) is 14.3. The largest absolute Gasteiger partial charge is 0.466 e. The zero-order chi connectivity index (χ0) is 70.8. The number of amides is 1. The average molecular weight is 1390 g/mol. The molecule has 0 aromatic rings. The van der Waals surface area contributed by atoms with Gasteiger partial charge in [-0.25, -0.2) is 0 Å². The van der Waals surface area contributed by atoms with Gasteiger partial charge < -0.3 is 45.1 Å². The van der Waals surface area contributed by atoms with Crippen LogP contribution in [0.15, 0.2) is 24.3 Å². The van der Waals surface area contributed by atoms with Crippen LogP contribution in [0, 0.1) is 0 Å². The molecule has 580 valence electrons. The lowest BCUT2D eigenvalue weighted by molar-refractivity contribution is -0.302. The van der Waals surface area contributed by atoms with Gasteiger partial charge in [0, 0.05) is 12.8 Å². The summed E-state index contributed by atoms with van der Waals surface area (Å²) in [6.45, 7) is 4.41. The number of esters is 1. The van der Waals surface area contributed by atoms with Crippen LogP contribution in [-0.2, 0) is 23.8 Å². The third-order valence-electron chi connectivity index (χ3n) is 21.1. The first-order chi connectivity index (χ1) is 48.2. The van der Waals surface area contributed by atoms with Crippen molar-refractivity contribution in [3.8, 4) is 0 Å². The van der Waals surface area contributed by atoms with Crippen LogP contribution < -0.4 is 5.32 Å². The van der Waals surface area contributed by atoms with Crippen LogP contribution in [0.25, 0.3) is 0 Å². The Labute approximate surface area is 607 Å². The van der Waals surface area contributed by atoms with E-state index in [2.05, 4.69) is 31.3 Å². The van der Waals surface area contributed by atoms with Crippen LogP contribution in [-0.4, -0.2) is 100 Å². The molecule has 0 bridgehead atoms. The number of unbranched alkanes of at least 4 members (excludes halogenated alkanes) is 63. The van der Waals surface area contributed by atoms with Gasteiger partial charge in [-0.05, 0) is 57.8 Å². The fourth-order valence-corrected chi connectivity index (χ4v) is 14.3. The Kier molecular flexibility index (Phi) is 73.3. The highest BCUT2D eigenvalue weighted by Gasteiger charge is 2.44. The third kappa shape index (κ3) is 63.8. The van der Waals surface area contributed by atoms with Crippen LogP contribution in [0.1, 0.15) is 457 Å². The van der Waals surface area contributed by atoms with Crippen molar-refractivity contribution in [2.24, 2.45) is 0 Å². The molecule has 1 fully saturated rings. The highest BCUT2D eigenvalue weighted by molar-refractivity contribution is 5.76. The number of hydrogen-bond donors (Lipinski definition) is 6. The molecule has 7 atom stereocenters. The Morgan fingerprint density at radius 1 is 0.367 bits per heavy atom. The van der Waals surface area contributed by atoms with E-state index in [1.165, 1.54) is 372 Å². The van der Waals surface area contributed by atoms with Crippen molar-refractivity contribution < 1.29 is 49.3 Å². The molecule has 0 aliphatic carbocycles. The first-order valence-electron chi connectivity index (χ1n) is 43.6. The Bertz CT molecular complexity index is 1680. The van der Waals surface area contributed by atoms with Crippen LogP contribution in [0.5, 0.6) is 0 Å². The Hall–Kier alpha value is -1.86. The van der Waals surface area contributed by atoms with E-state index in [1.54, 1.807) is 6.08 Å². The number of carbonyl (C=O) groups excluding carboxylic acids is 2. The molecule has 11 heteroatoms. The molecule has 7 unspecified atom stereocenters. The average Bonchev–Trinajstić information content (AvgIpc) is 0.827. The number of allylic oxidation sites excluding steroid dienone is 3. The maximum absolute atomic E-state index is 13.1. The van der Waals surface area contributed by atoms with Gasteiger partial charge in [-0.1, -0.05) is 411 Å². The molecule has 0 aromatic carbocycles. The number of ether oxygens (including phenoxy) is 3. The number of nitrogens with one attached hydrogen (secondary N) is 1. The number of rotatable bonds is 79. The standard InChI is InChI=1S/C87H167NO10/c1-3-5-7-9-11-13-15-17-19-47-51-55-59-63-67-71-75-83(92)96-76-72-68-64-60-56-52-48-44-42-40-38-36-34-32-30-28-26-24-22-20-21-23-25-27-29-31-33-35-37-39-41-43-46-50-54-58-62-66-70-74-82(91)88-79(78-97-87-86(95)85(94)84(93)81(77-89)98-87)80(90)73-69-65-61-57-53-49-45-18-16-14-12-10-8-6-4-2/h19,47,69,73,79-81,84-87,89-90,93-95H,3-18,20-46,48-68,70-72,74-78H2,1-2H3,(H,88,91)/b47-19-,73-69+. The quantitative estimate of drug-likeness (QED) is 0.0195. The van der Waals surface area contributed by atoms with Crippen LogP contribution in [0.2, 0.25) is 0 Å². The van der Waals surface area contributed by atoms with Gasteiger partial charge in [0.15, 0.2) is 6.29 Å². The summed E-state index contributed by atoms with van der Waals surface area (Å²) < 4.78 is 16.8. The van der Waals surface area contributed by atoms with Crippen LogP contribution in [0.4, 0.5) is 0 Å². The van der Waals surface area contributed by atoms with E-state index in [0.717, 1.165) is 57.8 Å². The van der Waals surface area contributed by atoms with E-state index in [1.807, 2.05) is 6.08 Å². The molecule has 98 heavy (non-hydrogen) atoms. The molecule has 11 nitrogen and oxygen atoms in total. The summed E-state index contributed by atoms with van der Waals surface area (Å²) in [5.41, 5.74) is 0. The van der Waals surface area contributed by atoms with Gasteiger partial charge in [-0.15, -0.1) is 0 Å². The van der Waals surface area contributed by atoms with Crippen LogP contribution >= 0.6 is 0 Å². The Morgan fingerprint density at radius 3 is 0.980 bits per heavy atom. The van der Waals surface area contributed by atoms with E-state index in [9.17, 15) is 35.1 Å². The molecule has 1 rings (SSSR count). The van der Waals surface area contributed by atoms with Crippen molar-refractivity contribution in [3.63, 3.8) is 0 Å². The SMILES string of the molecule is CCCCCCCCC/C=C\CCCCCCCC(=O)OCCCCCCCCCCCCCCCCCCCCCCCCCCCCCCCCCCCCCCCCCC(=O)NC(COC1OC(CO)C(O)C(O)C1O)C(O)/C=C/CCCCCCCCCCCCCCC. The predicted molar refractivity (Wildman–Crippen MR) is 417 cm³/mol. The van der Waals surface area contributed by atoms with Gasteiger partial charge in [0.1, 0.15) is 24.4 Å². The van der Waals surface area contributed by atoms with Crippen molar-refractivity contribution in [2.75, 3.05) is 19.8 Å². The van der Waals surface area contributed by atoms with Gasteiger partial charge in [0.2, 0.25) is 5.91 Å². The second kappa shape index (κ2) is 76.3. The molecule has 1 aliphatic heterocycles. The fraction of sp³-hybridized carbons (Fsp3) is 0.931. The van der Waals surface area contributed by atoms with Crippen molar-refractivity contribution >= 4 is 11.9 Å². The van der Waals surface area contributed by atoms with Crippen LogP contribution in [0.3, 0.4) is 0 Å². The monoisotopic (exact) mass is 1390 g/mol. The highest BCUT2D eigenvalue weighted by atomic mass is 16.7. The number of hydrogen-bond acceptors (Lipinski definition) is 10. The predicted octanol–water partition coefficient (Wildman–Crippen LogP) is 24.3. The Balaban J connectivity index is 1.87. The van der Waals surface area contributed by atoms with E-state index in [0.29, 0.717) is 19.4 Å². The molecular weight excluding hydrogens is 1220 g/mol. The van der Waals surface area contributed by atoms with E-state index in [-0.39, 0.29) is 18.5 Å². The second-order valence-corrected chi connectivity index (χ2v) is 30.6. The van der Waals surface area contributed by atoms with E-state index < -0.39 is 49.5 Å². The second-order valence-electron chi connectivity index (χ2n) is 30.6. The van der Waals surface area contributed by atoms with Crippen molar-refractivity contribution in [3.05, 3.63) is 24.3 Å².